The number of hydrogen-bond donors (Lipinski definition) is 1. The zero-order valence-corrected chi connectivity index (χ0v) is 12.5. The molecule has 0 aliphatic rings. The van der Waals surface area contributed by atoms with Crippen LogP contribution in [0.4, 0.5) is 9.52 Å². The molecule has 3 rings (SSSR count). The van der Waals surface area contributed by atoms with Crippen molar-refractivity contribution in [1.29, 1.82) is 0 Å². The summed E-state index contributed by atoms with van der Waals surface area (Å²) in [6, 6.07) is 6.60. The van der Waals surface area contributed by atoms with Crippen LogP contribution in [0.5, 0.6) is 0 Å². The maximum Gasteiger partial charge on any atom is 0.232 e. The highest BCUT2D eigenvalue weighted by molar-refractivity contribution is 7.98. The average Bonchev–Trinajstić information content (AvgIpc) is 3.08. The Morgan fingerprint density at radius 2 is 2.14 bits per heavy atom. The van der Waals surface area contributed by atoms with Gasteiger partial charge in [-0.2, -0.15) is 4.98 Å². The highest BCUT2D eigenvalue weighted by Gasteiger charge is 2.10. The van der Waals surface area contributed by atoms with E-state index in [4.69, 9.17) is 10.3 Å². The van der Waals surface area contributed by atoms with Gasteiger partial charge in [-0.15, -0.1) is 23.1 Å². The molecule has 1 aromatic carbocycles. The molecule has 5 nitrogen and oxygen atoms in total. The second kappa shape index (κ2) is 6.23. The monoisotopic (exact) mass is 322 g/mol. The van der Waals surface area contributed by atoms with Crippen molar-refractivity contribution in [3.8, 4) is 0 Å². The molecular formula is C13H11FN4OS2. The summed E-state index contributed by atoms with van der Waals surface area (Å²) in [5, 5.41) is 6.25. The van der Waals surface area contributed by atoms with Crippen LogP contribution in [-0.2, 0) is 12.2 Å². The van der Waals surface area contributed by atoms with Gasteiger partial charge in [0.1, 0.15) is 5.82 Å². The molecule has 2 N–H and O–H groups in total. The van der Waals surface area contributed by atoms with Crippen molar-refractivity contribution < 1.29 is 8.91 Å². The maximum absolute atomic E-state index is 13.5. The first kappa shape index (κ1) is 14.0. The van der Waals surface area contributed by atoms with Crippen LogP contribution in [0.15, 0.2) is 39.1 Å². The van der Waals surface area contributed by atoms with Gasteiger partial charge in [0.05, 0.1) is 17.9 Å². The lowest BCUT2D eigenvalue weighted by atomic mass is 10.3. The van der Waals surface area contributed by atoms with Crippen LogP contribution in [0, 0.1) is 5.82 Å². The lowest BCUT2D eigenvalue weighted by Gasteiger charge is -1.99. The molecule has 0 fully saturated rings. The Kier molecular flexibility index (Phi) is 4.16. The van der Waals surface area contributed by atoms with E-state index in [1.165, 1.54) is 29.2 Å². The topological polar surface area (TPSA) is 77.8 Å². The summed E-state index contributed by atoms with van der Waals surface area (Å²) in [6.45, 7) is 0. The molecule has 2 aromatic heterocycles. The highest BCUT2D eigenvalue weighted by atomic mass is 32.2. The molecule has 0 spiro atoms. The molecule has 0 amide bonds. The average molecular weight is 322 g/mol. The molecule has 108 valence electrons. The minimum atomic E-state index is -0.246. The summed E-state index contributed by atoms with van der Waals surface area (Å²) in [6.07, 6.45) is 0.449. The lowest BCUT2D eigenvalue weighted by Crippen LogP contribution is -1.91. The van der Waals surface area contributed by atoms with Gasteiger partial charge in [0.2, 0.25) is 5.89 Å². The van der Waals surface area contributed by atoms with Crippen molar-refractivity contribution in [3.63, 3.8) is 0 Å². The van der Waals surface area contributed by atoms with Crippen molar-refractivity contribution >= 4 is 28.2 Å². The van der Waals surface area contributed by atoms with Gasteiger partial charge in [-0.25, -0.2) is 9.37 Å². The van der Waals surface area contributed by atoms with Crippen LogP contribution in [-0.4, -0.2) is 15.1 Å². The number of aromatic nitrogens is 3. The summed E-state index contributed by atoms with van der Waals surface area (Å²) in [7, 11) is 0. The van der Waals surface area contributed by atoms with E-state index in [2.05, 4.69) is 15.1 Å². The number of rotatable bonds is 5. The molecule has 0 radical (unpaired) electrons. The third kappa shape index (κ3) is 3.59. The van der Waals surface area contributed by atoms with Gasteiger partial charge in [0.25, 0.3) is 0 Å². The molecule has 0 aliphatic heterocycles. The summed E-state index contributed by atoms with van der Waals surface area (Å²) in [4.78, 5) is 8.96. The fourth-order valence-electron chi connectivity index (χ4n) is 1.68. The fraction of sp³-hybridized carbons (Fsp3) is 0.154. The van der Waals surface area contributed by atoms with Gasteiger partial charge in [0.15, 0.2) is 11.0 Å². The summed E-state index contributed by atoms with van der Waals surface area (Å²) in [5.74, 6) is 1.21. The van der Waals surface area contributed by atoms with Crippen LogP contribution in [0.25, 0.3) is 0 Å². The SMILES string of the molecule is Nc1nc(Cc2nc(CSc3ccccc3F)no2)cs1. The van der Waals surface area contributed by atoms with E-state index in [1.54, 1.807) is 18.2 Å². The van der Waals surface area contributed by atoms with E-state index >= 15 is 0 Å². The minimum absolute atomic E-state index is 0.246. The number of nitrogens with zero attached hydrogens (tertiary/aromatic N) is 3. The van der Waals surface area contributed by atoms with Crippen molar-refractivity contribution in [2.75, 3.05) is 5.73 Å². The van der Waals surface area contributed by atoms with Gasteiger partial charge in [-0.05, 0) is 12.1 Å². The predicted octanol–water partition coefficient (Wildman–Crippen LogP) is 3.13. The van der Waals surface area contributed by atoms with Gasteiger partial charge in [0, 0.05) is 10.3 Å². The molecule has 0 bridgehead atoms. The minimum Gasteiger partial charge on any atom is -0.375 e. The van der Waals surface area contributed by atoms with Gasteiger partial charge in [-0.1, -0.05) is 17.3 Å². The molecule has 8 heteroatoms. The molecule has 0 atom stereocenters. The van der Waals surface area contributed by atoms with E-state index in [9.17, 15) is 4.39 Å². The second-order valence-corrected chi connectivity index (χ2v) is 6.08. The van der Waals surface area contributed by atoms with Crippen molar-refractivity contribution in [2.24, 2.45) is 0 Å². The fourth-order valence-corrected chi connectivity index (χ4v) is 3.03. The van der Waals surface area contributed by atoms with Crippen LogP contribution in [0.2, 0.25) is 0 Å². The van der Waals surface area contributed by atoms with Crippen molar-refractivity contribution in [3.05, 3.63) is 52.9 Å². The zero-order valence-electron chi connectivity index (χ0n) is 10.8. The third-order valence-electron chi connectivity index (χ3n) is 2.61. The predicted molar refractivity (Wildman–Crippen MR) is 79.6 cm³/mol. The Morgan fingerprint density at radius 3 is 2.90 bits per heavy atom. The van der Waals surface area contributed by atoms with Crippen LogP contribution in [0.3, 0.4) is 0 Å². The number of nitrogens with two attached hydrogens (primary N) is 1. The second-order valence-electron chi connectivity index (χ2n) is 4.18. The lowest BCUT2D eigenvalue weighted by molar-refractivity contribution is 0.380. The zero-order chi connectivity index (χ0) is 14.7. The van der Waals surface area contributed by atoms with Crippen molar-refractivity contribution in [2.45, 2.75) is 17.1 Å². The molecule has 3 aromatic rings. The highest BCUT2D eigenvalue weighted by Crippen LogP contribution is 2.24. The Balaban J connectivity index is 1.61. The van der Waals surface area contributed by atoms with E-state index in [0.717, 1.165) is 5.69 Å². The standard InChI is InChI=1S/C13H11FN4OS2/c14-9-3-1-2-4-10(9)20-7-11-17-12(19-18-11)5-8-6-21-13(15)16-8/h1-4,6H,5,7H2,(H2,15,16). The Bertz CT molecular complexity index is 743. The molecular weight excluding hydrogens is 311 g/mol. The van der Waals surface area contributed by atoms with Crippen LogP contribution >= 0.6 is 23.1 Å². The Hall–Kier alpha value is -1.93. The largest absolute Gasteiger partial charge is 0.375 e. The van der Waals surface area contributed by atoms with E-state index in [0.29, 0.717) is 33.9 Å². The number of hydrogen-bond acceptors (Lipinski definition) is 7. The first-order valence-electron chi connectivity index (χ1n) is 6.09. The Morgan fingerprint density at radius 1 is 1.29 bits per heavy atom. The van der Waals surface area contributed by atoms with E-state index in [-0.39, 0.29) is 5.82 Å². The van der Waals surface area contributed by atoms with Crippen LogP contribution < -0.4 is 5.73 Å². The van der Waals surface area contributed by atoms with Gasteiger partial charge in [-0.3, -0.25) is 0 Å². The molecule has 0 aliphatic carbocycles. The van der Waals surface area contributed by atoms with Gasteiger partial charge >= 0.3 is 0 Å². The quantitative estimate of drug-likeness (QED) is 0.727. The number of nitrogen functional groups attached to an aromatic ring is 1. The van der Waals surface area contributed by atoms with Gasteiger partial charge < -0.3 is 10.3 Å². The number of anilines is 1. The smallest absolute Gasteiger partial charge is 0.232 e. The molecule has 0 saturated carbocycles. The van der Waals surface area contributed by atoms with E-state index < -0.39 is 0 Å². The summed E-state index contributed by atoms with van der Waals surface area (Å²) >= 11 is 2.70. The molecule has 0 unspecified atom stereocenters. The number of thioether (sulfide) groups is 1. The Labute approximate surface area is 128 Å². The molecule has 2 heterocycles. The maximum atomic E-state index is 13.5. The summed E-state index contributed by atoms with van der Waals surface area (Å²) < 4.78 is 18.6. The number of halogens is 1. The van der Waals surface area contributed by atoms with Crippen molar-refractivity contribution in [1.82, 2.24) is 15.1 Å². The number of benzene rings is 1. The normalized spacial score (nSPS) is 10.9. The molecule has 21 heavy (non-hydrogen) atoms. The first-order valence-corrected chi connectivity index (χ1v) is 7.96. The first-order chi connectivity index (χ1) is 10.2. The van der Waals surface area contributed by atoms with Crippen LogP contribution in [0.1, 0.15) is 17.4 Å². The van der Waals surface area contributed by atoms with E-state index in [1.807, 2.05) is 5.38 Å². The summed E-state index contributed by atoms with van der Waals surface area (Å²) in [5.41, 5.74) is 6.37. The third-order valence-corrected chi connectivity index (χ3v) is 4.37. The number of thiazole rings is 1. The molecule has 0 saturated heterocycles.